The van der Waals surface area contributed by atoms with Gasteiger partial charge in [0.2, 0.25) is 5.91 Å². The quantitative estimate of drug-likeness (QED) is 0.402. The average molecular weight is 477 g/mol. The number of para-hydroxylation sites is 1. The van der Waals surface area contributed by atoms with E-state index in [1.807, 2.05) is 30.3 Å². The van der Waals surface area contributed by atoms with Gasteiger partial charge in [-0.2, -0.15) is 5.10 Å². The van der Waals surface area contributed by atoms with Crippen LogP contribution in [0.4, 0.5) is 10.1 Å². The second kappa shape index (κ2) is 9.09. The summed E-state index contributed by atoms with van der Waals surface area (Å²) in [6.07, 6.45) is 1.68. The summed E-state index contributed by atoms with van der Waals surface area (Å²) in [6.45, 7) is 0. The molecule has 7 nitrogen and oxygen atoms in total. The summed E-state index contributed by atoms with van der Waals surface area (Å²) in [5.41, 5.74) is 1.69. The highest BCUT2D eigenvalue weighted by molar-refractivity contribution is 7.99. The highest BCUT2D eigenvalue weighted by atomic mass is 35.5. The normalized spacial score (nSPS) is 11.0. The molecule has 1 N–H and O–H groups in total. The van der Waals surface area contributed by atoms with Crippen molar-refractivity contribution in [2.45, 2.75) is 5.16 Å². The molecule has 0 unspecified atom stereocenters. The van der Waals surface area contributed by atoms with Gasteiger partial charge in [0.25, 0.3) is 0 Å². The first kappa shape index (κ1) is 21.4. The van der Waals surface area contributed by atoms with E-state index in [-0.39, 0.29) is 16.7 Å². The van der Waals surface area contributed by atoms with Gasteiger partial charge < -0.3 is 5.32 Å². The third-order valence-electron chi connectivity index (χ3n) is 4.18. The van der Waals surface area contributed by atoms with Crippen LogP contribution in [-0.2, 0) is 11.8 Å². The van der Waals surface area contributed by atoms with E-state index in [4.69, 9.17) is 23.2 Å². The van der Waals surface area contributed by atoms with Crippen LogP contribution in [0.2, 0.25) is 10.0 Å². The number of anilines is 1. The van der Waals surface area contributed by atoms with Gasteiger partial charge in [0.15, 0.2) is 11.0 Å². The number of nitrogens with one attached hydrogen (secondary N) is 1. The molecule has 2 aromatic carbocycles. The Kier molecular flexibility index (Phi) is 6.26. The predicted molar refractivity (Wildman–Crippen MR) is 119 cm³/mol. The van der Waals surface area contributed by atoms with E-state index >= 15 is 0 Å². The molecule has 0 aliphatic heterocycles. The minimum absolute atomic E-state index is 0.0515. The molecule has 0 spiro atoms. The van der Waals surface area contributed by atoms with Crippen LogP contribution in [0.25, 0.3) is 17.2 Å². The van der Waals surface area contributed by atoms with Crippen LogP contribution in [0, 0.1) is 5.82 Å². The predicted octanol–water partition coefficient (Wildman–Crippen LogP) is 4.84. The van der Waals surface area contributed by atoms with Crippen molar-refractivity contribution in [3.63, 3.8) is 0 Å². The maximum atomic E-state index is 13.3. The fraction of sp³-hybridized carbons (Fsp3) is 0.100. The second-order valence-electron chi connectivity index (χ2n) is 6.44. The molecule has 0 radical (unpaired) electrons. The third kappa shape index (κ3) is 4.73. The Hall–Kier alpha value is -2.88. The van der Waals surface area contributed by atoms with E-state index in [0.29, 0.717) is 27.4 Å². The first-order valence-corrected chi connectivity index (χ1v) is 10.7. The smallest absolute Gasteiger partial charge is 0.234 e. The Morgan fingerprint density at radius 3 is 2.58 bits per heavy atom. The van der Waals surface area contributed by atoms with Crippen molar-refractivity contribution in [2.75, 3.05) is 11.1 Å². The zero-order valence-corrected chi connectivity index (χ0v) is 18.4. The lowest BCUT2D eigenvalue weighted by Gasteiger charge is -2.10. The van der Waals surface area contributed by atoms with Gasteiger partial charge in [0.1, 0.15) is 11.5 Å². The Bertz CT molecular complexity index is 1240. The maximum Gasteiger partial charge on any atom is 0.234 e. The molecule has 0 saturated carbocycles. The largest absolute Gasteiger partial charge is 0.325 e. The lowest BCUT2D eigenvalue weighted by molar-refractivity contribution is -0.113. The summed E-state index contributed by atoms with van der Waals surface area (Å²) >= 11 is 13.3. The van der Waals surface area contributed by atoms with Gasteiger partial charge in [-0.3, -0.25) is 14.0 Å². The number of hydrogen-bond donors (Lipinski definition) is 1. The molecule has 0 aliphatic carbocycles. The molecule has 0 aliphatic rings. The summed E-state index contributed by atoms with van der Waals surface area (Å²) in [6, 6.07) is 13.5. The van der Waals surface area contributed by atoms with Gasteiger partial charge in [0, 0.05) is 24.6 Å². The van der Waals surface area contributed by atoms with Gasteiger partial charge in [0.05, 0.1) is 15.8 Å². The molecule has 0 atom stereocenters. The van der Waals surface area contributed by atoms with E-state index < -0.39 is 5.82 Å². The highest BCUT2D eigenvalue weighted by Gasteiger charge is 2.21. The van der Waals surface area contributed by atoms with Crippen LogP contribution in [0.1, 0.15) is 0 Å². The van der Waals surface area contributed by atoms with Crippen molar-refractivity contribution in [3.8, 4) is 17.2 Å². The average Bonchev–Trinajstić information content (AvgIpc) is 3.32. The lowest BCUT2D eigenvalue weighted by Crippen LogP contribution is -2.14. The summed E-state index contributed by atoms with van der Waals surface area (Å²) < 4.78 is 16.7. The fourth-order valence-electron chi connectivity index (χ4n) is 2.84. The van der Waals surface area contributed by atoms with Crippen molar-refractivity contribution in [2.24, 2.45) is 7.05 Å². The van der Waals surface area contributed by atoms with Gasteiger partial charge in [-0.25, -0.2) is 4.39 Å². The number of amides is 1. The summed E-state index contributed by atoms with van der Waals surface area (Å²) in [5.74, 6) is -0.334. The Morgan fingerprint density at radius 1 is 1.13 bits per heavy atom. The van der Waals surface area contributed by atoms with Gasteiger partial charge >= 0.3 is 0 Å². The minimum Gasteiger partial charge on any atom is -0.325 e. The van der Waals surface area contributed by atoms with Crippen molar-refractivity contribution >= 4 is 46.6 Å². The number of carbonyl (C=O) groups excluding carboxylic acids is 1. The maximum absolute atomic E-state index is 13.3. The van der Waals surface area contributed by atoms with E-state index in [2.05, 4.69) is 20.6 Å². The van der Waals surface area contributed by atoms with Crippen LogP contribution < -0.4 is 5.32 Å². The zero-order valence-electron chi connectivity index (χ0n) is 16.1. The van der Waals surface area contributed by atoms with Crippen molar-refractivity contribution < 1.29 is 9.18 Å². The molecule has 0 saturated heterocycles. The number of rotatable bonds is 6. The molecular formula is C20H15Cl2FN6OS. The second-order valence-corrected chi connectivity index (χ2v) is 8.20. The van der Waals surface area contributed by atoms with Crippen LogP contribution in [0.5, 0.6) is 0 Å². The number of hydrogen-bond acceptors (Lipinski definition) is 5. The fourth-order valence-corrected chi connectivity index (χ4v) is 4.03. The molecule has 4 rings (SSSR count). The summed E-state index contributed by atoms with van der Waals surface area (Å²) in [7, 11) is 1.76. The van der Waals surface area contributed by atoms with E-state index in [9.17, 15) is 9.18 Å². The van der Waals surface area contributed by atoms with Gasteiger partial charge in [-0.15, -0.1) is 10.2 Å². The monoisotopic (exact) mass is 476 g/mol. The number of nitrogens with zero attached hydrogens (tertiary/aromatic N) is 5. The SMILES string of the molecule is Cn1cc(Cl)c(-c2nnc(SCC(=O)Nc3ccc(F)c(Cl)c3)n2-c2ccccc2)n1. The third-order valence-corrected chi connectivity index (χ3v) is 5.67. The molecule has 4 aromatic rings. The lowest BCUT2D eigenvalue weighted by atomic mass is 10.3. The molecule has 2 aromatic heterocycles. The van der Waals surface area contributed by atoms with E-state index in [0.717, 1.165) is 5.69 Å². The van der Waals surface area contributed by atoms with Crippen molar-refractivity contribution in [1.29, 1.82) is 0 Å². The molecule has 2 heterocycles. The molecule has 0 fully saturated rings. The van der Waals surface area contributed by atoms with E-state index in [1.165, 1.54) is 30.0 Å². The number of aryl methyl sites for hydroxylation is 1. The first-order chi connectivity index (χ1) is 14.9. The number of thioether (sulfide) groups is 1. The molecule has 31 heavy (non-hydrogen) atoms. The standard InChI is InChI=1S/C20H15Cl2FN6OS/c1-28-10-15(22)18(27-28)19-25-26-20(29(19)13-5-3-2-4-6-13)31-11-17(30)24-12-7-8-16(23)14(21)9-12/h2-10H,11H2,1H3,(H,24,30). The summed E-state index contributed by atoms with van der Waals surface area (Å²) in [4.78, 5) is 12.4. The highest BCUT2D eigenvalue weighted by Crippen LogP contribution is 2.31. The van der Waals surface area contributed by atoms with Crippen LogP contribution >= 0.6 is 35.0 Å². The Balaban J connectivity index is 1.59. The Labute approximate surface area is 191 Å². The van der Waals surface area contributed by atoms with Crippen LogP contribution in [0.15, 0.2) is 59.9 Å². The molecule has 158 valence electrons. The number of halogens is 3. The Morgan fingerprint density at radius 2 is 1.90 bits per heavy atom. The first-order valence-electron chi connectivity index (χ1n) is 9.00. The molecule has 11 heteroatoms. The van der Waals surface area contributed by atoms with Crippen LogP contribution in [0.3, 0.4) is 0 Å². The molecule has 0 bridgehead atoms. The zero-order chi connectivity index (χ0) is 22.0. The van der Waals surface area contributed by atoms with Crippen LogP contribution in [-0.4, -0.2) is 36.2 Å². The van der Waals surface area contributed by atoms with Gasteiger partial charge in [-0.05, 0) is 30.3 Å². The van der Waals surface area contributed by atoms with Crippen molar-refractivity contribution in [3.05, 3.63) is 70.6 Å². The molecule has 1 amide bonds. The summed E-state index contributed by atoms with van der Waals surface area (Å²) in [5, 5.41) is 16.4. The van der Waals surface area contributed by atoms with E-state index in [1.54, 1.807) is 22.5 Å². The van der Waals surface area contributed by atoms with Gasteiger partial charge in [-0.1, -0.05) is 53.2 Å². The molecular weight excluding hydrogens is 462 g/mol. The van der Waals surface area contributed by atoms with Crippen molar-refractivity contribution in [1.82, 2.24) is 24.5 Å². The number of benzene rings is 2. The number of carbonyl (C=O) groups is 1. The minimum atomic E-state index is -0.550. The topological polar surface area (TPSA) is 77.6 Å². The number of aromatic nitrogens is 5.